The standard InChI is InChI=1S/C23H21N3O4/c1-15-6-3-10-19(16(15)2)25-23(29)26-20(27)14-30-21(28)12-11-18-8-4-7-17-9-5-13-24-22(17)18/h3-13H,14H2,1-2H3,(H2,25,26,27,29)/b12-11-. The van der Waals surface area contributed by atoms with Crippen LogP contribution in [0.3, 0.4) is 0 Å². The Morgan fingerprint density at radius 1 is 1.03 bits per heavy atom. The summed E-state index contributed by atoms with van der Waals surface area (Å²) in [5, 5.41) is 5.68. The number of carbonyl (C=O) groups is 3. The Bertz CT molecular complexity index is 1130. The highest BCUT2D eigenvalue weighted by atomic mass is 16.5. The number of benzene rings is 2. The van der Waals surface area contributed by atoms with Gasteiger partial charge in [0.05, 0.1) is 5.52 Å². The lowest BCUT2D eigenvalue weighted by atomic mass is 10.1. The van der Waals surface area contributed by atoms with Crippen molar-refractivity contribution in [1.82, 2.24) is 10.3 Å². The summed E-state index contributed by atoms with van der Waals surface area (Å²) < 4.78 is 4.89. The number of rotatable bonds is 5. The van der Waals surface area contributed by atoms with E-state index in [0.29, 0.717) is 5.69 Å². The number of amides is 3. The summed E-state index contributed by atoms with van der Waals surface area (Å²) in [7, 11) is 0. The lowest BCUT2D eigenvalue weighted by molar-refractivity contribution is -0.143. The molecule has 0 aliphatic heterocycles. The van der Waals surface area contributed by atoms with Gasteiger partial charge in [0, 0.05) is 28.9 Å². The van der Waals surface area contributed by atoms with Crippen LogP contribution in [0.5, 0.6) is 0 Å². The summed E-state index contributed by atoms with van der Waals surface area (Å²) >= 11 is 0. The molecule has 7 heteroatoms. The molecular formula is C23H21N3O4. The van der Waals surface area contributed by atoms with Crippen molar-refractivity contribution in [2.45, 2.75) is 13.8 Å². The van der Waals surface area contributed by atoms with Crippen LogP contribution in [0.15, 0.2) is 60.8 Å². The number of nitrogens with one attached hydrogen (secondary N) is 2. The Balaban J connectivity index is 1.50. The first-order valence-corrected chi connectivity index (χ1v) is 9.29. The van der Waals surface area contributed by atoms with Crippen LogP contribution in [0.25, 0.3) is 17.0 Å². The summed E-state index contributed by atoms with van der Waals surface area (Å²) in [5.74, 6) is -1.43. The van der Waals surface area contributed by atoms with E-state index in [-0.39, 0.29) is 0 Å². The van der Waals surface area contributed by atoms with E-state index in [1.165, 1.54) is 6.08 Å². The van der Waals surface area contributed by atoms with Crippen LogP contribution in [0.1, 0.15) is 16.7 Å². The lowest BCUT2D eigenvalue weighted by Gasteiger charge is -2.10. The topological polar surface area (TPSA) is 97.4 Å². The molecule has 0 aliphatic carbocycles. The van der Waals surface area contributed by atoms with Crippen LogP contribution in [0.2, 0.25) is 0 Å². The van der Waals surface area contributed by atoms with E-state index in [1.54, 1.807) is 24.4 Å². The van der Waals surface area contributed by atoms with Crippen LogP contribution in [-0.2, 0) is 14.3 Å². The summed E-state index contributed by atoms with van der Waals surface area (Å²) in [6.45, 7) is 3.22. The number of ether oxygens (including phenoxy) is 1. The molecule has 0 aliphatic rings. The highest BCUT2D eigenvalue weighted by Gasteiger charge is 2.11. The maximum atomic E-state index is 12.0. The number of imide groups is 1. The molecule has 3 rings (SSSR count). The number of aryl methyl sites for hydroxylation is 1. The zero-order valence-corrected chi connectivity index (χ0v) is 16.6. The van der Waals surface area contributed by atoms with Crippen molar-refractivity contribution in [3.05, 3.63) is 77.5 Å². The van der Waals surface area contributed by atoms with Crippen LogP contribution >= 0.6 is 0 Å². The average Bonchev–Trinajstić information content (AvgIpc) is 2.74. The van der Waals surface area contributed by atoms with E-state index >= 15 is 0 Å². The number of urea groups is 1. The molecule has 2 aromatic carbocycles. The number of nitrogens with zero attached hydrogens (tertiary/aromatic N) is 1. The number of fused-ring (bicyclic) bond motifs is 1. The summed E-state index contributed by atoms with van der Waals surface area (Å²) in [5.41, 5.74) is 4.03. The van der Waals surface area contributed by atoms with Crippen molar-refractivity contribution in [3.63, 3.8) is 0 Å². The summed E-state index contributed by atoms with van der Waals surface area (Å²) in [6, 6.07) is 14.1. The van der Waals surface area contributed by atoms with Crippen LogP contribution in [0.4, 0.5) is 10.5 Å². The molecule has 0 atom stereocenters. The van der Waals surface area contributed by atoms with Crippen LogP contribution < -0.4 is 10.6 Å². The molecule has 2 N–H and O–H groups in total. The van der Waals surface area contributed by atoms with Crippen molar-refractivity contribution in [3.8, 4) is 0 Å². The molecule has 1 heterocycles. The van der Waals surface area contributed by atoms with E-state index < -0.39 is 24.5 Å². The van der Waals surface area contributed by atoms with Gasteiger partial charge in [0.2, 0.25) is 0 Å². The minimum absolute atomic E-state index is 0.572. The summed E-state index contributed by atoms with van der Waals surface area (Å²) in [4.78, 5) is 40.0. The van der Waals surface area contributed by atoms with Gasteiger partial charge in [-0.05, 0) is 43.2 Å². The molecule has 0 spiro atoms. The van der Waals surface area contributed by atoms with Crippen molar-refractivity contribution >= 4 is 40.6 Å². The maximum Gasteiger partial charge on any atom is 0.331 e. The maximum absolute atomic E-state index is 12.0. The van der Waals surface area contributed by atoms with Gasteiger partial charge in [-0.1, -0.05) is 36.4 Å². The number of pyridine rings is 1. The first kappa shape index (κ1) is 20.7. The average molecular weight is 403 g/mol. The molecular weight excluding hydrogens is 382 g/mol. The Kier molecular flexibility index (Phi) is 6.54. The van der Waals surface area contributed by atoms with Gasteiger partial charge < -0.3 is 10.1 Å². The van der Waals surface area contributed by atoms with Gasteiger partial charge in [-0.25, -0.2) is 9.59 Å². The Morgan fingerprint density at radius 3 is 2.63 bits per heavy atom. The first-order valence-electron chi connectivity index (χ1n) is 9.29. The zero-order chi connectivity index (χ0) is 21.5. The second-order valence-electron chi connectivity index (χ2n) is 6.61. The smallest absolute Gasteiger partial charge is 0.331 e. The largest absolute Gasteiger partial charge is 0.452 e. The Morgan fingerprint density at radius 2 is 1.80 bits per heavy atom. The molecule has 3 amide bonds. The highest BCUT2D eigenvalue weighted by Crippen LogP contribution is 2.18. The van der Waals surface area contributed by atoms with E-state index in [1.807, 2.05) is 50.2 Å². The monoisotopic (exact) mass is 403 g/mol. The van der Waals surface area contributed by atoms with Crippen LogP contribution in [0, 0.1) is 13.8 Å². The van der Waals surface area contributed by atoms with E-state index in [0.717, 1.165) is 27.6 Å². The second kappa shape index (κ2) is 9.47. The quantitative estimate of drug-likeness (QED) is 0.499. The van der Waals surface area contributed by atoms with E-state index in [9.17, 15) is 14.4 Å². The molecule has 0 bridgehead atoms. The third kappa shape index (κ3) is 5.29. The minimum atomic E-state index is -0.730. The van der Waals surface area contributed by atoms with Crippen molar-refractivity contribution < 1.29 is 19.1 Å². The number of anilines is 1. The number of esters is 1. The fourth-order valence-electron chi connectivity index (χ4n) is 2.81. The molecule has 0 fully saturated rings. The first-order chi connectivity index (χ1) is 14.4. The zero-order valence-electron chi connectivity index (χ0n) is 16.6. The molecule has 0 saturated heterocycles. The van der Waals surface area contributed by atoms with Crippen molar-refractivity contribution in [1.29, 1.82) is 0 Å². The molecule has 3 aromatic rings. The molecule has 1 aromatic heterocycles. The van der Waals surface area contributed by atoms with E-state index in [4.69, 9.17) is 4.74 Å². The summed E-state index contributed by atoms with van der Waals surface area (Å²) in [6.07, 6.45) is 4.46. The Labute approximate surface area is 173 Å². The second-order valence-corrected chi connectivity index (χ2v) is 6.61. The van der Waals surface area contributed by atoms with E-state index in [2.05, 4.69) is 15.6 Å². The molecule has 152 valence electrons. The van der Waals surface area contributed by atoms with Gasteiger partial charge in [-0.3, -0.25) is 15.1 Å². The number of carbonyl (C=O) groups excluding carboxylic acids is 3. The van der Waals surface area contributed by atoms with Gasteiger partial charge in [0.25, 0.3) is 5.91 Å². The SMILES string of the molecule is Cc1cccc(NC(=O)NC(=O)COC(=O)/C=C\c2cccc3cccnc23)c1C. The third-order valence-electron chi connectivity index (χ3n) is 4.51. The molecule has 0 saturated carbocycles. The predicted molar refractivity (Wildman–Crippen MR) is 115 cm³/mol. The lowest BCUT2D eigenvalue weighted by Crippen LogP contribution is -2.37. The molecule has 0 unspecified atom stereocenters. The van der Waals surface area contributed by atoms with Gasteiger partial charge in [-0.2, -0.15) is 0 Å². The molecule has 0 radical (unpaired) electrons. The third-order valence-corrected chi connectivity index (χ3v) is 4.51. The van der Waals surface area contributed by atoms with Gasteiger partial charge >= 0.3 is 12.0 Å². The van der Waals surface area contributed by atoms with Gasteiger partial charge in [-0.15, -0.1) is 0 Å². The number of para-hydroxylation sites is 1. The normalized spacial score (nSPS) is 10.7. The van der Waals surface area contributed by atoms with Crippen molar-refractivity contribution in [2.24, 2.45) is 0 Å². The number of hydrogen-bond acceptors (Lipinski definition) is 5. The number of aromatic nitrogens is 1. The van der Waals surface area contributed by atoms with Gasteiger partial charge in [0.15, 0.2) is 6.61 Å². The fraction of sp³-hybridized carbons (Fsp3) is 0.130. The highest BCUT2D eigenvalue weighted by molar-refractivity contribution is 6.02. The predicted octanol–water partition coefficient (Wildman–Crippen LogP) is 3.76. The Hall–Kier alpha value is -4.00. The molecule has 7 nitrogen and oxygen atoms in total. The molecule has 30 heavy (non-hydrogen) atoms. The van der Waals surface area contributed by atoms with Crippen molar-refractivity contribution in [2.75, 3.05) is 11.9 Å². The fourth-order valence-corrected chi connectivity index (χ4v) is 2.81. The minimum Gasteiger partial charge on any atom is -0.452 e. The number of hydrogen-bond donors (Lipinski definition) is 2. The van der Waals surface area contributed by atoms with Gasteiger partial charge in [0.1, 0.15) is 0 Å². The van der Waals surface area contributed by atoms with Crippen LogP contribution in [-0.4, -0.2) is 29.5 Å².